The maximum absolute atomic E-state index is 13.6. The van der Waals surface area contributed by atoms with E-state index in [0.29, 0.717) is 25.0 Å². The van der Waals surface area contributed by atoms with E-state index in [9.17, 15) is 23.7 Å². The second kappa shape index (κ2) is 6.10. The summed E-state index contributed by atoms with van der Waals surface area (Å²) >= 11 is 0. The predicted octanol–water partition coefficient (Wildman–Crippen LogP) is 1.32. The Labute approximate surface area is 118 Å². The van der Waals surface area contributed by atoms with Crippen molar-refractivity contribution < 1.29 is 23.2 Å². The van der Waals surface area contributed by atoms with E-state index in [0.717, 1.165) is 0 Å². The lowest BCUT2D eigenvalue weighted by Crippen LogP contribution is -2.30. The Morgan fingerprint density at radius 2 is 2.19 bits per heavy atom. The van der Waals surface area contributed by atoms with Crippen molar-refractivity contribution in [3.05, 3.63) is 33.9 Å². The van der Waals surface area contributed by atoms with Crippen molar-refractivity contribution in [3.8, 4) is 0 Å². The second-order valence-electron chi connectivity index (χ2n) is 4.59. The largest absolute Gasteiger partial charge is 0.364 e. The standard InChI is InChI=1S/C12H13F2N3O4/c13-6-3-8(14)11(9(4-6)17(19)20)16-12(18)10-2-1-7(5-15)21-10/h3-4,7,10H,1-2,5,15H2,(H,16,18). The van der Waals surface area contributed by atoms with E-state index in [-0.39, 0.29) is 12.6 Å². The molecule has 3 N–H and O–H groups in total. The van der Waals surface area contributed by atoms with Gasteiger partial charge in [-0.3, -0.25) is 14.9 Å². The number of nitro groups is 1. The van der Waals surface area contributed by atoms with Gasteiger partial charge >= 0.3 is 0 Å². The number of nitrogens with zero attached hydrogens (tertiary/aromatic N) is 1. The fourth-order valence-corrected chi connectivity index (χ4v) is 2.10. The van der Waals surface area contributed by atoms with Gasteiger partial charge in [0.15, 0.2) is 11.5 Å². The molecule has 0 bridgehead atoms. The minimum Gasteiger partial charge on any atom is -0.364 e. The molecule has 1 aliphatic heterocycles. The van der Waals surface area contributed by atoms with Crippen LogP contribution in [0, 0.1) is 21.7 Å². The summed E-state index contributed by atoms with van der Waals surface area (Å²) in [5, 5.41) is 12.9. The number of benzene rings is 1. The van der Waals surface area contributed by atoms with Gasteiger partial charge in [-0.05, 0) is 12.8 Å². The average Bonchev–Trinajstić information content (AvgIpc) is 2.90. The highest BCUT2D eigenvalue weighted by atomic mass is 19.1. The van der Waals surface area contributed by atoms with Gasteiger partial charge in [0.25, 0.3) is 11.6 Å². The lowest BCUT2D eigenvalue weighted by atomic mass is 10.2. The normalized spacial score (nSPS) is 21.3. The van der Waals surface area contributed by atoms with E-state index in [1.165, 1.54) is 0 Å². The summed E-state index contributed by atoms with van der Waals surface area (Å²) in [6, 6.07) is 0.998. The van der Waals surface area contributed by atoms with Crippen LogP contribution in [-0.4, -0.2) is 29.6 Å². The number of nitrogens with two attached hydrogens (primary N) is 1. The monoisotopic (exact) mass is 301 g/mol. The SMILES string of the molecule is NCC1CCC(C(=O)Nc2c(F)cc(F)cc2[N+](=O)[O-])O1. The molecule has 2 unspecified atom stereocenters. The van der Waals surface area contributed by atoms with Crippen LogP contribution >= 0.6 is 0 Å². The molecule has 9 heteroatoms. The van der Waals surface area contributed by atoms with Gasteiger partial charge in [0.1, 0.15) is 11.9 Å². The van der Waals surface area contributed by atoms with E-state index in [1.807, 2.05) is 0 Å². The van der Waals surface area contributed by atoms with Crippen molar-refractivity contribution in [2.75, 3.05) is 11.9 Å². The Hall–Kier alpha value is -2.13. The summed E-state index contributed by atoms with van der Waals surface area (Å²) in [6.45, 7) is 0.245. The first kappa shape index (κ1) is 15.3. The molecule has 1 heterocycles. The number of hydrogen-bond acceptors (Lipinski definition) is 5. The molecule has 0 aromatic heterocycles. The maximum atomic E-state index is 13.6. The lowest BCUT2D eigenvalue weighted by molar-refractivity contribution is -0.384. The average molecular weight is 301 g/mol. The highest BCUT2D eigenvalue weighted by Gasteiger charge is 2.32. The summed E-state index contributed by atoms with van der Waals surface area (Å²) in [5.74, 6) is -3.04. The molecule has 114 valence electrons. The Morgan fingerprint density at radius 3 is 2.76 bits per heavy atom. The van der Waals surface area contributed by atoms with Gasteiger partial charge in [0.05, 0.1) is 17.1 Å². The molecule has 2 rings (SSSR count). The zero-order valence-electron chi connectivity index (χ0n) is 10.8. The third-order valence-electron chi connectivity index (χ3n) is 3.14. The number of carbonyl (C=O) groups excluding carboxylic acids is 1. The van der Waals surface area contributed by atoms with Crippen molar-refractivity contribution in [1.82, 2.24) is 0 Å². The molecule has 1 aliphatic rings. The molecule has 1 saturated heterocycles. The van der Waals surface area contributed by atoms with Crippen LogP contribution < -0.4 is 11.1 Å². The number of carbonyl (C=O) groups is 1. The molecule has 0 radical (unpaired) electrons. The third kappa shape index (κ3) is 3.31. The minimum atomic E-state index is -1.22. The van der Waals surface area contributed by atoms with Gasteiger partial charge < -0.3 is 15.8 Å². The van der Waals surface area contributed by atoms with Crippen LogP contribution in [0.3, 0.4) is 0 Å². The molecular weight excluding hydrogens is 288 g/mol. The molecule has 0 spiro atoms. The van der Waals surface area contributed by atoms with Crippen molar-refractivity contribution >= 4 is 17.3 Å². The zero-order chi connectivity index (χ0) is 15.6. The quantitative estimate of drug-likeness (QED) is 0.644. The molecule has 1 fully saturated rings. The molecule has 21 heavy (non-hydrogen) atoms. The molecule has 2 atom stereocenters. The topological polar surface area (TPSA) is 107 Å². The maximum Gasteiger partial charge on any atom is 0.298 e. The fourth-order valence-electron chi connectivity index (χ4n) is 2.10. The van der Waals surface area contributed by atoms with Crippen molar-refractivity contribution in [2.24, 2.45) is 5.73 Å². The Kier molecular flexibility index (Phi) is 4.43. The lowest BCUT2D eigenvalue weighted by Gasteiger charge is -2.13. The fraction of sp³-hybridized carbons (Fsp3) is 0.417. The first-order valence-electron chi connectivity index (χ1n) is 6.22. The van der Waals surface area contributed by atoms with Crippen LogP contribution in [0.2, 0.25) is 0 Å². The Morgan fingerprint density at radius 1 is 1.48 bits per heavy atom. The number of ether oxygens (including phenoxy) is 1. The highest BCUT2D eigenvalue weighted by molar-refractivity contribution is 5.96. The van der Waals surface area contributed by atoms with E-state index in [4.69, 9.17) is 10.5 Å². The summed E-state index contributed by atoms with van der Waals surface area (Å²) in [4.78, 5) is 21.8. The van der Waals surface area contributed by atoms with Crippen LogP contribution in [0.1, 0.15) is 12.8 Å². The van der Waals surface area contributed by atoms with Crippen LogP contribution in [0.4, 0.5) is 20.2 Å². The molecule has 1 aromatic rings. The zero-order valence-corrected chi connectivity index (χ0v) is 10.8. The van der Waals surface area contributed by atoms with Gasteiger partial charge in [-0.2, -0.15) is 0 Å². The van der Waals surface area contributed by atoms with E-state index >= 15 is 0 Å². The van der Waals surface area contributed by atoms with Gasteiger partial charge in [-0.25, -0.2) is 8.78 Å². The van der Waals surface area contributed by atoms with Crippen molar-refractivity contribution in [3.63, 3.8) is 0 Å². The second-order valence-corrected chi connectivity index (χ2v) is 4.59. The highest BCUT2D eigenvalue weighted by Crippen LogP contribution is 2.30. The van der Waals surface area contributed by atoms with Crippen LogP contribution in [0.5, 0.6) is 0 Å². The Balaban J connectivity index is 2.19. The third-order valence-corrected chi connectivity index (χ3v) is 3.14. The number of anilines is 1. The molecule has 1 amide bonds. The number of nitro benzene ring substituents is 1. The van der Waals surface area contributed by atoms with Crippen LogP contribution in [0.15, 0.2) is 12.1 Å². The van der Waals surface area contributed by atoms with Crippen molar-refractivity contribution in [2.45, 2.75) is 25.0 Å². The predicted molar refractivity (Wildman–Crippen MR) is 68.6 cm³/mol. The smallest absolute Gasteiger partial charge is 0.298 e. The molecule has 0 aliphatic carbocycles. The number of halogens is 2. The number of hydrogen-bond donors (Lipinski definition) is 2. The van der Waals surface area contributed by atoms with Crippen LogP contribution in [0.25, 0.3) is 0 Å². The summed E-state index contributed by atoms with van der Waals surface area (Å²) < 4.78 is 32.0. The minimum absolute atomic E-state index is 0.245. The Bertz CT molecular complexity index is 582. The molecule has 0 saturated carbocycles. The number of amides is 1. The van der Waals surface area contributed by atoms with Gasteiger partial charge in [0.2, 0.25) is 0 Å². The molecular formula is C12H13F2N3O4. The first-order valence-corrected chi connectivity index (χ1v) is 6.22. The van der Waals surface area contributed by atoms with E-state index in [1.54, 1.807) is 0 Å². The van der Waals surface area contributed by atoms with E-state index < -0.39 is 39.9 Å². The van der Waals surface area contributed by atoms with Crippen molar-refractivity contribution in [1.29, 1.82) is 0 Å². The number of rotatable bonds is 4. The summed E-state index contributed by atoms with van der Waals surface area (Å²) in [6.07, 6.45) is -0.177. The molecule has 7 nitrogen and oxygen atoms in total. The van der Waals surface area contributed by atoms with Crippen LogP contribution in [-0.2, 0) is 9.53 Å². The van der Waals surface area contributed by atoms with Gasteiger partial charge in [-0.1, -0.05) is 0 Å². The summed E-state index contributed by atoms with van der Waals surface area (Å²) in [7, 11) is 0. The first-order chi connectivity index (χ1) is 9.92. The molecule has 1 aromatic carbocycles. The summed E-state index contributed by atoms with van der Waals surface area (Å²) in [5.41, 5.74) is 3.88. The van der Waals surface area contributed by atoms with Gasteiger partial charge in [-0.15, -0.1) is 0 Å². The van der Waals surface area contributed by atoms with Gasteiger partial charge in [0, 0.05) is 12.6 Å². The number of nitrogens with one attached hydrogen (secondary N) is 1. The van der Waals surface area contributed by atoms with E-state index in [2.05, 4.69) is 5.32 Å².